The minimum Gasteiger partial charge on any atom is -0.472 e. The molecule has 1 aliphatic heterocycles. The number of aryl methyl sites for hydroxylation is 2. The summed E-state index contributed by atoms with van der Waals surface area (Å²) in [5.74, 6) is 1.12. The largest absolute Gasteiger partial charge is 0.472 e. The topological polar surface area (TPSA) is 45.6 Å². The molecular formula is C26H30N2O2. The van der Waals surface area contributed by atoms with Crippen molar-refractivity contribution in [1.82, 2.24) is 4.98 Å². The van der Waals surface area contributed by atoms with E-state index in [9.17, 15) is 5.11 Å². The molecule has 3 aromatic rings. The maximum absolute atomic E-state index is 9.39. The van der Waals surface area contributed by atoms with Gasteiger partial charge in [-0.15, -0.1) is 0 Å². The van der Waals surface area contributed by atoms with E-state index >= 15 is 0 Å². The molecule has 0 amide bonds. The van der Waals surface area contributed by atoms with Gasteiger partial charge in [-0.05, 0) is 73.6 Å². The molecule has 30 heavy (non-hydrogen) atoms. The van der Waals surface area contributed by atoms with E-state index in [1.54, 1.807) is 0 Å². The lowest BCUT2D eigenvalue weighted by atomic mass is 9.96. The molecule has 0 bridgehead atoms. The maximum atomic E-state index is 9.39. The monoisotopic (exact) mass is 402 g/mol. The molecule has 4 heteroatoms. The molecule has 1 aliphatic rings. The fraction of sp³-hybridized carbons (Fsp3) is 0.346. The van der Waals surface area contributed by atoms with Crippen LogP contribution in [-0.4, -0.2) is 29.8 Å². The van der Waals surface area contributed by atoms with Gasteiger partial charge in [0, 0.05) is 36.6 Å². The van der Waals surface area contributed by atoms with Crippen molar-refractivity contribution in [3.05, 3.63) is 77.5 Å². The van der Waals surface area contributed by atoms with Crippen molar-refractivity contribution in [2.24, 2.45) is 5.92 Å². The second-order valence-electron chi connectivity index (χ2n) is 8.19. The molecule has 0 saturated carbocycles. The average Bonchev–Trinajstić information content (AvgIpc) is 2.78. The molecule has 156 valence electrons. The van der Waals surface area contributed by atoms with E-state index < -0.39 is 0 Å². The van der Waals surface area contributed by atoms with Crippen LogP contribution in [0.5, 0.6) is 5.88 Å². The number of piperidine rings is 1. The zero-order valence-electron chi connectivity index (χ0n) is 17.8. The summed E-state index contributed by atoms with van der Waals surface area (Å²) < 4.78 is 6.12. The highest BCUT2D eigenvalue weighted by molar-refractivity contribution is 5.72. The van der Waals surface area contributed by atoms with E-state index in [1.807, 2.05) is 31.2 Å². The quantitative estimate of drug-likeness (QED) is 0.619. The lowest BCUT2D eigenvalue weighted by molar-refractivity contribution is 0.203. The van der Waals surface area contributed by atoms with Gasteiger partial charge in [-0.3, -0.25) is 0 Å². The van der Waals surface area contributed by atoms with Crippen LogP contribution in [0.25, 0.3) is 11.1 Å². The summed E-state index contributed by atoms with van der Waals surface area (Å²) >= 11 is 0. The Morgan fingerprint density at radius 1 is 1.00 bits per heavy atom. The van der Waals surface area contributed by atoms with Crippen molar-refractivity contribution in [2.75, 3.05) is 24.6 Å². The summed E-state index contributed by atoms with van der Waals surface area (Å²) in [6, 6.07) is 20.9. The van der Waals surface area contributed by atoms with E-state index in [2.05, 4.69) is 53.2 Å². The number of aliphatic hydroxyl groups is 1. The first-order chi connectivity index (χ1) is 14.6. The lowest BCUT2D eigenvalue weighted by Gasteiger charge is -2.34. The molecule has 2 aromatic carbocycles. The fourth-order valence-electron chi connectivity index (χ4n) is 4.12. The number of aromatic nitrogens is 1. The number of rotatable bonds is 6. The Morgan fingerprint density at radius 2 is 1.77 bits per heavy atom. The minimum atomic E-state index is 0.304. The summed E-state index contributed by atoms with van der Waals surface area (Å²) in [4.78, 5) is 7.10. The van der Waals surface area contributed by atoms with E-state index in [1.165, 1.54) is 11.3 Å². The number of anilines is 1. The van der Waals surface area contributed by atoms with Crippen molar-refractivity contribution in [3.8, 4) is 17.0 Å². The fourth-order valence-corrected chi connectivity index (χ4v) is 4.12. The third kappa shape index (κ3) is 4.65. The molecule has 0 unspecified atom stereocenters. The number of ether oxygens (including phenoxy) is 1. The van der Waals surface area contributed by atoms with Gasteiger partial charge < -0.3 is 14.7 Å². The summed E-state index contributed by atoms with van der Waals surface area (Å²) in [6.45, 7) is 6.97. The molecule has 1 saturated heterocycles. The molecule has 4 nitrogen and oxygen atoms in total. The molecule has 0 radical (unpaired) electrons. The predicted molar refractivity (Wildman–Crippen MR) is 122 cm³/mol. The van der Waals surface area contributed by atoms with Gasteiger partial charge in [0.05, 0.1) is 0 Å². The Kier molecular flexibility index (Phi) is 6.34. The predicted octanol–water partition coefficient (Wildman–Crippen LogP) is 5.15. The van der Waals surface area contributed by atoms with Crippen LogP contribution in [0.4, 0.5) is 5.69 Å². The zero-order chi connectivity index (χ0) is 20.9. The van der Waals surface area contributed by atoms with Gasteiger partial charge in [0.15, 0.2) is 0 Å². The van der Waals surface area contributed by atoms with Crippen molar-refractivity contribution in [2.45, 2.75) is 33.3 Å². The van der Waals surface area contributed by atoms with Crippen LogP contribution in [0.1, 0.15) is 29.7 Å². The SMILES string of the molecule is Cc1ccc(-c2ccc(N3CCC(CO)CC3)c(C)c2)c(OCc2ccccc2)n1. The highest BCUT2D eigenvalue weighted by Crippen LogP contribution is 2.34. The van der Waals surface area contributed by atoms with E-state index in [-0.39, 0.29) is 0 Å². The summed E-state index contributed by atoms with van der Waals surface area (Å²) in [6.07, 6.45) is 2.11. The highest BCUT2D eigenvalue weighted by Gasteiger charge is 2.20. The van der Waals surface area contributed by atoms with Crippen molar-refractivity contribution in [3.63, 3.8) is 0 Å². The van der Waals surface area contributed by atoms with Crippen LogP contribution < -0.4 is 9.64 Å². The first-order valence-electron chi connectivity index (χ1n) is 10.8. The molecule has 0 atom stereocenters. The van der Waals surface area contributed by atoms with E-state index in [0.717, 1.165) is 48.3 Å². The second kappa shape index (κ2) is 9.31. The summed E-state index contributed by atoms with van der Waals surface area (Å²) in [5, 5.41) is 9.39. The summed E-state index contributed by atoms with van der Waals surface area (Å²) in [7, 11) is 0. The highest BCUT2D eigenvalue weighted by atomic mass is 16.5. The van der Waals surface area contributed by atoms with Gasteiger partial charge in [-0.2, -0.15) is 0 Å². The number of hydrogen-bond donors (Lipinski definition) is 1. The number of nitrogens with zero attached hydrogens (tertiary/aromatic N) is 2. The van der Waals surface area contributed by atoms with Gasteiger partial charge in [-0.1, -0.05) is 36.4 Å². The molecule has 1 aromatic heterocycles. The smallest absolute Gasteiger partial charge is 0.221 e. The lowest BCUT2D eigenvalue weighted by Crippen LogP contribution is -2.35. The third-order valence-electron chi connectivity index (χ3n) is 5.94. The number of pyridine rings is 1. The molecular weight excluding hydrogens is 372 g/mol. The molecule has 1 fully saturated rings. The van der Waals surface area contributed by atoms with Crippen molar-refractivity contribution >= 4 is 5.69 Å². The number of aliphatic hydroxyl groups excluding tert-OH is 1. The minimum absolute atomic E-state index is 0.304. The van der Waals surface area contributed by atoms with Crippen LogP contribution in [0.15, 0.2) is 60.7 Å². The van der Waals surface area contributed by atoms with Crippen LogP contribution >= 0.6 is 0 Å². The van der Waals surface area contributed by atoms with Gasteiger partial charge in [0.1, 0.15) is 6.61 Å². The second-order valence-corrected chi connectivity index (χ2v) is 8.19. The summed E-state index contributed by atoms with van der Waals surface area (Å²) in [5.41, 5.74) is 6.75. The number of hydrogen-bond acceptors (Lipinski definition) is 4. The van der Waals surface area contributed by atoms with E-state index in [0.29, 0.717) is 25.0 Å². The Hall–Kier alpha value is -2.85. The van der Waals surface area contributed by atoms with Gasteiger partial charge in [-0.25, -0.2) is 4.98 Å². The molecule has 1 N–H and O–H groups in total. The molecule has 0 aliphatic carbocycles. The van der Waals surface area contributed by atoms with Gasteiger partial charge >= 0.3 is 0 Å². The van der Waals surface area contributed by atoms with Crippen LogP contribution in [0.3, 0.4) is 0 Å². The first kappa shape index (κ1) is 20.4. The van der Waals surface area contributed by atoms with Crippen LogP contribution in [0.2, 0.25) is 0 Å². The van der Waals surface area contributed by atoms with E-state index in [4.69, 9.17) is 4.74 Å². The first-order valence-corrected chi connectivity index (χ1v) is 10.8. The third-order valence-corrected chi connectivity index (χ3v) is 5.94. The zero-order valence-corrected chi connectivity index (χ0v) is 17.8. The Bertz CT molecular complexity index is 980. The van der Waals surface area contributed by atoms with Crippen LogP contribution in [-0.2, 0) is 6.61 Å². The van der Waals surface area contributed by atoms with Gasteiger partial charge in [0.25, 0.3) is 0 Å². The van der Waals surface area contributed by atoms with Gasteiger partial charge in [0.2, 0.25) is 5.88 Å². The normalized spacial score (nSPS) is 14.7. The van der Waals surface area contributed by atoms with Crippen molar-refractivity contribution < 1.29 is 9.84 Å². The van der Waals surface area contributed by atoms with Crippen LogP contribution in [0, 0.1) is 19.8 Å². The molecule has 0 spiro atoms. The Balaban J connectivity index is 1.56. The molecule has 4 rings (SSSR count). The number of benzene rings is 2. The maximum Gasteiger partial charge on any atom is 0.221 e. The average molecular weight is 403 g/mol. The Morgan fingerprint density at radius 3 is 2.47 bits per heavy atom. The Labute approximate surface area is 179 Å². The standard InChI is InChI=1S/C26H30N2O2/c1-19-16-23(9-11-25(19)28-14-12-21(17-29)13-15-28)24-10-8-20(2)27-26(24)30-18-22-6-4-3-5-7-22/h3-11,16,21,29H,12-15,17-18H2,1-2H3. The van der Waals surface area contributed by atoms with Crippen molar-refractivity contribution in [1.29, 1.82) is 0 Å². The molecule has 2 heterocycles.